The van der Waals surface area contributed by atoms with Gasteiger partial charge < -0.3 is 13.7 Å². The van der Waals surface area contributed by atoms with Gasteiger partial charge in [0.15, 0.2) is 5.78 Å². The lowest BCUT2D eigenvalue weighted by atomic mass is 9.79. The van der Waals surface area contributed by atoms with Crippen LogP contribution >= 0.6 is 0 Å². The largest absolute Gasteiger partial charge is 0.494 e. The molecule has 1 saturated heterocycles. The molecule has 1 aliphatic rings. The van der Waals surface area contributed by atoms with E-state index in [-0.39, 0.29) is 23.0 Å². The molecule has 0 saturated carbocycles. The molecule has 3 aromatic carbocycles. The van der Waals surface area contributed by atoms with E-state index in [1.807, 2.05) is 30.3 Å². The lowest BCUT2D eigenvalue weighted by Crippen LogP contribution is -2.67. The van der Waals surface area contributed by atoms with Gasteiger partial charge in [0, 0.05) is 6.10 Å². The molecular weight excluding hydrogens is 475 g/mol. The molecule has 3 atom stereocenters. The second-order valence-corrected chi connectivity index (χ2v) is 15.3. The topological polar surface area (TPSA) is 44.8 Å². The third kappa shape index (κ3) is 5.99. The van der Waals surface area contributed by atoms with Crippen molar-refractivity contribution in [3.63, 3.8) is 0 Å². The van der Waals surface area contributed by atoms with Crippen molar-refractivity contribution in [1.29, 1.82) is 0 Å². The highest BCUT2D eigenvalue weighted by molar-refractivity contribution is 6.99. The normalized spacial score (nSPS) is 19.1. The van der Waals surface area contributed by atoms with Crippen LogP contribution in [0.3, 0.4) is 0 Å². The molecule has 0 aliphatic carbocycles. The smallest absolute Gasteiger partial charge is 0.404 e. The minimum Gasteiger partial charge on any atom is -0.404 e. The molecule has 1 aliphatic heterocycles. The van der Waals surface area contributed by atoms with Gasteiger partial charge in [0.1, 0.15) is 6.10 Å². The van der Waals surface area contributed by atoms with E-state index in [0.717, 1.165) is 18.3 Å². The summed E-state index contributed by atoms with van der Waals surface area (Å²) in [6, 6.07) is 31.2. The fourth-order valence-electron chi connectivity index (χ4n) is 5.53. The summed E-state index contributed by atoms with van der Waals surface area (Å²) < 4.78 is 20.0. The van der Waals surface area contributed by atoms with Crippen molar-refractivity contribution in [2.75, 3.05) is 0 Å². The molecule has 0 bridgehead atoms. The Balaban J connectivity index is 1.70. The molecule has 0 N–H and O–H groups in total. The van der Waals surface area contributed by atoms with Crippen molar-refractivity contribution >= 4 is 37.1 Å². The van der Waals surface area contributed by atoms with Gasteiger partial charge in [-0.05, 0) is 40.6 Å². The first-order valence-electron chi connectivity index (χ1n) is 13.4. The van der Waals surface area contributed by atoms with Gasteiger partial charge in [-0.15, -0.1) is 0 Å². The number of carbonyl (C=O) groups is 1. The van der Waals surface area contributed by atoms with Crippen molar-refractivity contribution in [2.45, 2.75) is 77.2 Å². The number of Topliss-reactive ketones (excluding diaryl/α,β-unsaturated/α-hetero) is 1. The van der Waals surface area contributed by atoms with E-state index >= 15 is 0 Å². The first kappa shape index (κ1) is 27.5. The Hall–Kier alpha value is -2.51. The highest BCUT2D eigenvalue weighted by Crippen LogP contribution is 2.39. The molecule has 1 heterocycles. The predicted octanol–water partition coefficient (Wildman–Crippen LogP) is 4.89. The summed E-state index contributed by atoms with van der Waals surface area (Å²) >= 11 is 0. The van der Waals surface area contributed by atoms with Gasteiger partial charge in [0.05, 0.1) is 6.10 Å². The van der Waals surface area contributed by atoms with E-state index in [4.69, 9.17) is 13.7 Å². The molecule has 3 aromatic rings. The molecule has 37 heavy (non-hydrogen) atoms. The molecule has 0 aromatic heterocycles. The molecule has 0 unspecified atom stereocenters. The summed E-state index contributed by atoms with van der Waals surface area (Å²) in [4.78, 5) is 12.6. The second kappa shape index (κ2) is 11.9. The van der Waals surface area contributed by atoms with Gasteiger partial charge in [-0.1, -0.05) is 125 Å². The lowest BCUT2D eigenvalue weighted by molar-refractivity contribution is -0.125. The fraction of sp³-hybridized carbons (Fsp3) is 0.387. The minimum absolute atomic E-state index is 0.0101. The van der Waals surface area contributed by atoms with Crippen LogP contribution in [0.25, 0.3) is 0 Å². The molecule has 194 valence electrons. The summed E-state index contributed by atoms with van der Waals surface area (Å²) in [7, 11) is -3.28. The van der Waals surface area contributed by atoms with E-state index < -0.39 is 21.5 Å². The van der Waals surface area contributed by atoms with Crippen LogP contribution in [-0.2, 0) is 18.5 Å². The standard InChI is InChI=1S/C31H39BO4Si/c1-6-16-26(23-29-30(24(2)33)35-32(34-29)25-17-10-7-11-18-25)36-37(31(3,4)5,27-19-12-8-13-20-27)28-21-14-9-15-22-28/h7-15,17-22,26,29-30H,6,16,23H2,1-5H3/t26-,29+,30+/m1/s1. The summed E-state index contributed by atoms with van der Waals surface area (Å²) in [5, 5.41) is 2.38. The summed E-state index contributed by atoms with van der Waals surface area (Å²) in [6.07, 6.45) is 1.41. The van der Waals surface area contributed by atoms with Gasteiger partial charge in [-0.25, -0.2) is 0 Å². The zero-order chi connectivity index (χ0) is 26.5. The summed E-state index contributed by atoms with van der Waals surface area (Å²) in [5.74, 6) is -0.0101. The Kier molecular flexibility index (Phi) is 8.86. The van der Waals surface area contributed by atoms with Crippen molar-refractivity contribution in [3.05, 3.63) is 91.0 Å². The predicted molar refractivity (Wildman–Crippen MR) is 154 cm³/mol. The van der Waals surface area contributed by atoms with Crippen molar-refractivity contribution in [3.8, 4) is 0 Å². The zero-order valence-electron chi connectivity index (χ0n) is 22.7. The molecule has 1 fully saturated rings. The van der Waals surface area contributed by atoms with Gasteiger partial charge in [-0.3, -0.25) is 4.79 Å². The quantitative estimate of drug-likeness (QED) is 0.362. The number of hydrogen-bond acceptors (Lipinski definition) is 4. The molecule has 6 heteroatoms. The maximum Gasteiger partial charge on any atom is 0.494 e. The first-order valence-corrected chi connectivity index (χ1v) is 15.3. The van der Waals surface area contributed by atoms with E-state index in [9.17, 15) is 4.79 Å². The van der Waals surface area contributed by atoms with Crippen LogP contribution in [0, 0.1) is 0 Å². The number of rotatable bonds is 10. The van der Waals surface area contributed by atoms with Crippen LogP contribution in [0.15, 0.2) is 91.0 Å². The van der Waals surface area contributed by atoms with Gasteiger partial charge >= 0.3 is 7.12 Å². The Labute approximate surface area is 223 Å². The van der Waals surface area contributed by atoms with Crippen LogP contribution < -0.4 is 15.8 Å². The summed E-state index contributed by atoms with van der Waals surface area (Å²) in [5.41, 5.74) is 0.927. The van der Waals surface area contributed by atoms with Crippen LogP contribution in [0.4, 0.5) is 0 Å². The first-order chi connectivity index (χ1) is 17.8. The third-order valence-electron chi connectivity index (χ3n) is 7.24. The van der Waals surface area contributed by atoms with E-state index in [1.165, 1.54) is 10.4 Å². The highest BCUT2D eigenvalue weighted by atomic mass is 28.4. The number of ketones is 1. The van der Waals surface area contributed by atoms with Crippen molar-refractivity contribution in [2.24, 2.45) is 0 Å². The Bertz CT molecular complexity index is 1090. The van der Waals surface area contributed by atoms with Crippen LogP contribution in [0.5, 0.6) is 0 Å². The van der Waals surface area contributed by atoms with Gasteiger partial charge in [0.25, 0.3) is 8.32 Å². The average molecular weight is 515 g/mol. The highest BCUT2D eigenvalue weighted by Gasteiger charge is 2.52. The van der Waals surface area contributed by atoms with E-state index in [0.29, 0.717) is 6.42 Å². The maximum absolute atomic E-state index is 12.6. The van der Waals surface area contributed by atoms with E-state index in [1.54, 1.807) is 6.92 Å². The number of benzene rings is 3. The van der Waals surface area contributed by atoms with Crippen LogP contribution in [0.2, 0.25) is 5.04 Å². The maximum atomic E-state index is 12.6. The Morgan fingerprint density at radius 2 is 1.41 bits per heavy atom. The van der Waals surface area contributed by atoms with E-state index in [2.05, 4.69) is 88.4 Å². The molecule has 0 radical (unpaired) electrons. The lowest BCUT2D eigenvalue weighted by Gasteiger charge is -2.45. The summed E-state index contributed by atoms with van der Waals surface area (Å²) in [6.45, 7) is 10.7. The van der Waals surface area contributed by atoms with Crippen LogP contribution in [-0.4, -0.2) is 39.5 Å². The Morgan fingerprint density at radius 3 is 1.86 bits per heavy atom. The Morgan fingerprint density at radius 1 is 0.892 bits per heavy atom. The third-order valence-corrected chi connectivity index (χ3v) is 12.3. The minimum atomic E-state index is -2.73. The number of carbonyl (C=O) groups excluding carboxylic acids is 1. The van der Waals surface area contributed by atoms with Gasteiger partial charge in [-0.2, -0.15) is 0 Å². The molecular formula is C31H39BO4Si. The second-order valence-electron chi connectivity index (χ2n) is 11.0. The molecule has 4 nitrogen and oxygen atoms in total. The molecule has 0 amide bonds. The number of hydrogen-bond donors (Lipinski definition) is 0. The monoisotopic (exact) mass is 514 g/mol. The fourth-order valence-corrected chi connectivity index (χ4v) is 10.3. The zero-order valence-corrected chi connectivity index (χ0v) is 23.7. The average Bonchev–Trinajstić information content (AvgIpc) is 3.32. The van der Waals surface area contributed by atoms with Crippen LogP contribution in [0.1, 0.15) is 53.9 Å². The molecule has 4 rings (SSSR count). The SMILES string of the molecule is CCC[C@H](C[C@@H]1OB(c2ccccc2)O[C@H]1C(C)=O)O[Si](c1ccccc1)(c1ccccc1)C(C)(C)C. The van der Waals surface area contributed by atoms with Crippen molar-refractivity contribution in [1.82, 2.24) is 0 Å². The van der Waals surface area contributed by atoms with Gasteiger partial charge in [0.2, 0.25) is 0 Å². The molecule has 0 spiro atoms. The van der Waals surface area contributed by atoms with Crippen molar-refractivity contribution < 1.29 is 18.5 Å².